The lowest BCUT2D eigenvalue weighted by Crippen LogP contribution is -2.50. The molecule has 0 spiro atoms. The number of rotatable bonds is 6. The fourth-order valence-electron chi connectivity index (χ4n) is 2.80. The number of amides is 1. The van der Waals surface area contributed by atoms with Crippen molar-refractivity contribution in [1.82, 2.24) is 10.2 Å². The minimum absolute atomic E-state index is 0.0848. The van der Waals surface area contributed by atoms with Gasteiger partial charge in [0.15, 0.2) is 0 Å². The van der Waals surface area contributed by atoms with Crippen molar-refractivity contribution in [2.24, 2.45) is 5.73 Å². The quantitative estimate of drug-likeness (QED) is 0.831. The molecule has 128 valence electrons. The number of anilines is 1. The fourth-order valence-corrected chi connectivity index (χ4v) is 2.80. The molecule has 1 aromatic rings. The molecule has 1 fully saturated rings. The van der Waals surface area contributed by atoms with Crippen LogP contribution in [0.15, 0.2) is 24.3 Å². The van der Waals surface area contributed by atoms with Gasteiger partial charge in [-0.05, 0) is 38.5 Å². The minimum Gasteiger partial charge on any atom is -0.369 e. The average molecular weight is 318 g/mol. The molecule has 0 unspecified atom stereocenters. The summed E-state index contributed by atoms with van der Waals surface area (Å²) in [4.78, 5) is 16.8. The predicted molar refractivity (Wildman–Crippen MR) is 95.7 cm³/mol. The summed E-state index contributed by atoms with van der Waals surface area (Å²) in [7, 11) is 0. The second-order valence-corrected chi connectivity index (χ2v) is 7.05. The van der Waals surface area contributed by atoms with E-state index >= 15 is 0 Å². The van der Waals surface area contributed by atoms with E-state index in [1.54, 1.807) is 0 Å². The molecule has 0 bridgehead atoms. The van der Waals surface area contributed by atoms with E-state index in [0.29, 0.717) is 13.0 Å². The highest BCUT2D eigenvalue weighted by Crippen LogP contribution is 2.17. The average Bonchev–Trinajstić information content (AvgIpc) is 2.53. The zero-order valence-electron chi connectivity index (χ0n) is 14.6. The number of benzene rings is 1. The third kappa shape index (κ3) is 5.52. The van der Waals surface area contributed by atoms with Gasteiger partial charge >= 0.3 is 0 Å². The van der Waals surface area contributed by atoms with E-state index in [9.17, 15) is 4.79 Å². The Morgan fingerprint density at radius 2 is 1.96 bits per heavy atom. The molecule has 3 N–H and O–H groups in total. The standard InChI is InChI=1S/C18H30N4O/c1-15-5-4-6-16(13-15)22-11-9-21(10-12-22)8-7-17(23)20-18(2,3)14-19/h4-6,13H,7-12,14,19H2,1-3H3,(H,20,23). The number of piperazine rings is 1. The molecule has 5 heteroatoms. The zero-order chi connectivity index (χ0) is 16.9. The Balaban J connectivity index is 1.74. The molecular formula is C18H30N4O. The molecular weight excluding hydrogens is 288 g/mol. The maximum atomic E-state index is 12.0. The number of carbonyl (C=O) groups is 1. The van der Waals surface area contributed by atoms with E-state index in [2.05, 4.69) is 46.3 Å². The Hall–Kier alpha value is -1.59. The first kappa shape index (κ1) is 17.8. The van der Waals surface area contributed by atoms with Crippen LogP contribution >= 0.6 is 0 Å². The molecule has 1 aliphatic heterocycles. The van der Waals surface area contributed by atoms with Crippen LogP contribution in [0.3, 0.4) is 0 Å². The lowest BCUT2D eigenvalue weighted by molar-refractivity contribution is -0.122. The van der Waals surface area contributed by atoms with Gasteiger partial charge in [0.2, 0.25) is 5.91 Å². The largest absolute Gasteiger partial charge is 0.369 e. The maximum Gasteiger partial charge on any atom is 0.221 e. The van der Waals surface area contributed by atoms with Gasteiger partial charge < -0.3 is 16.0 Å². The van der Waals surface area contributed by atoms with E-state index in [1.165, 1.54) is 11.3 Å². The molecule has 23 heavy (non-hydrogen) atoms. The van der Waals surface area contributed by atoms with Gasteiger partial charge in [0.25, 0.3) is 0 Å². The molecule has 1 amide bonds. The van der Waals surface area contributed by atoms with Crippen LogP contribution in [0.5, 0.6) is 0 Å². The van der Waals surface area contributed by atoms with E-state index < -0.39 is 0 Å². The Bertz CT molecular complexity index is 522. The lowest BCUT2D eigenvalue weighted by Gasteiger charge is -2.36. The zero-order valence-corrected chi connectivity index (χ0v) is 14.6. The number of hydrogen-bond donors (Lipinski definition) is 2. The second-order valence-electron chi connectivity index (χ2n) is 7.05. The van der Waals surface area contributed by atoms with E-state index in [0.717, 1.165) is 32.7 Å². The van der Waals surface area contributed by atoms with Crippen molar-refractivity contribution in [3.63, 3.8) is 0 Å². The summed E-state index contributed by atoms with van der Waals surface area (Å²) in [6.45, 7) is 11.3. The molecule has 0 aromatic heterocycles. The van der Waals surface area contributed by atoms with Crippen LogP contribution in [-0.4, -0.2) is 55.6 Å². The van der Waals surface area contributed by atoms with Crippen LogP contribution in [0.4, 0.5) is 5.69 Å². The third-order valence-electron chi connectivity index (χ3n) is 4.38. The highest BCUT2D eigenvalue weighted by atomic mass is 16.1. The third-order valence-corrected chi connectivity index (χ3v) is 4.38. The SMILES string of the molecule is Cc1cccc(N2CCN(CCC(=O)NC(C)(C)CN)CC2)c1. The molecule has 2 rings (SSSR count). The summed E-state index contributed by atoms with van der Waals surface area (Å²) >= 11 is 0. The van der Waals surface area contributed by atoms with Gasteiger partial charge in [-0.1, -0.05) is 12.1 Å². The number of aryl methyl sites for hydroxylation is 1. The van der Waals surface area contributed by atoms with Crippen molar-refractivity contribution in [1.29, 1.82) is 0 Å². The number of nitrogens with one attached hydrogen (secondary N) is 1. The second kappa shape index (κ2) is 7.79. The van der Waals surface area contributed by atoms with E-state index in [4.69, 9.17) is 5.73 Å². The molecule has 5 nitrogen and oxygen atoms in total. The summed E-state index contributed by atoms with van der Waals surface area (Å²) in [5.41, 5.74) is 7.92. The van der Waals surface area contributed by atoms with Crippen molar-refractivity contribution in [2.75, 3.05) is 44.2 Å². The molecule has 1 heterocycles. The van der Waals surface area contributed by atoms with Crippen molar-refractivity contribution in [2.45, 2.75) is 32.7 Å². The normalized spacial score (nSPS) is 16.4. The number of carbonyl (C=O) groups excluding carboxylic acids is 1. The van der Waals surface area contributed by atoms with Crippen LogP contribution in [0.25, 0.3) is 0 Å². The van der Waals surface area contributed by atoms with E-state index in [1.807, 2.05) is 13.8 Å². The van der Waals surface area contributed by atoms with Gasteiger partial charge in [-0.3, -0.25) is 9.69 Å². The summed E-state index contributed by atoms with van der Waals surface area (Å²) in [5, 5.41) is 2.99. The topological polar surface area (TPSA) is 61.6 Å². The molecule has 0 atom stereocenters. The highest BCUT2D eigenvalue weighted by molar-refractivity contribution is 5.76. The summed E-state index contributed by atoms with van der Waals surface area (Å²) in [6.07, 6.45) is 0.536. The maximum absolute atomic E-state index is 12.0. The molecule has 0 aliphatic carbocycles. The molecule has 0 radical (unpaired) electrons. The van der Waals surface area contributed by atoms with Crippen LogP contribution in [0.1, 0.15) is 25.8 Å². The monoisotopic (exact) mass is 318 g/mol. The van der Waals surface area contributed by atoms with Gasteiger partial charge in [0.1, 0.15) is 0 Å². The predicted octanol–water partition coefficient (Wildman–Crippen LogP) is 1.36. The number of nitrogens with zero attached hydrogens (tertiary/aromatic N) is 2. The Morgan fingerprint density at radius 3 is 2.57 bits per heavy atom. The smallest absolute Gasteiger partial charge is 0.221 e. The van der Waals surface area contributed by atoms with Crippen molar-refractivity contribution in [3.05, 3.63) is 29.8 Å². The first-order valence-corrected chi connectivity index (χ1v) is 8.45. The highest BCUT2D eigenvalue weighted by Gasteiger charge is 2.20. The molecule has 1 aliphatic rings. The summed E-state index contributed by atoms with van der Waals surface area (Å²) in [6, 6.07) is 8.64. The molecule has 1 aromatic carbocycles. The Labute approximate surface area is 139 Å². The molecule has 1 saturated heterocycles. The minimum atomic E-state index is -0.319. The van der Waals surface area contributed by atoms with Crippen LogP contribution < -0.4 is 16.0 Å². The molecule has 0 saturated carbocycles. The first-order valence-electron chi connectivity index (χ1n) is 8.45. The van der Waals surface area contributed by atoms with Gasteiger partial charge in [-0.25, -0.2) is 0 Å². The van der Waals surface area contributed by atoms with Crippen LogP contribution in [0, 0.1) is 6.92 Å². The van der Waals surface area contributed by atoms with Gasteiger partial charge in [0, 0.05) is 56.9 Å². The lowest BCUT2D eigenvalue weighted by atomic mass is 10.1. The van der Waals surface area contributed by atoms with Crippen LogP contribution in [-0.2, 0) is 4.79 Å². The van der Waals surface area contributed by atoms with Gasteiger partial charge in [0.05, 0.1) is 0 Å². The van der Waals surface area contributed by atoms with E-state index in [-0.39, 0.29) is 11.4 Å². The van der Waals surface area contributed by atoms with Crippen LogP contribution in [0.2, 0.25) is 0 Å². The summed E-state index contributed by atoms with van der Waals surface area (Å²) in [5.74, 6) is 0.0848. The Kier molecular flexibility index (Phi) is 6.02. The summed E-state index contributed by atoms with van der Waals surface area (Å²) < 4.78 is 0. The van der Waals surface area contributed by atoms with Gasteiger partial charge in [-0.2, -0.15) is 0 Å². The van der Waals surface area contributed by atoms with Gasteiger partial charge in [-0.15, -0.1) is 0 Å². The van der Waals surface area contributed by atoms with Crippen molar-refractivity contribution >= 4 is 11.6 Å². The fraction of sp³-hybridized carbons (Fsp3) is 0.611. The van der Waals surface area contributed by atoms with Crippen molar-refractivity contribution < 1.29 is 4.79 Å². The van der Waals surface area contributed by atoms with Crippen molar-refractivity contribution in [3.8, 4) is 0 Å². The number of hydrogen-bond acceptors (Lipinski definition) is 4. The first-order chi connectivity index (χ1) is 10.9. The number of nitrogens with two attached hydrogens (primary N) is 1. The Morgan fingerprint density at radius 1 is 1.26 bits per heavy atom.